The van der Waals surface area contributed by atoms with Gasteiger partial charge in [0.15, 0.2) is 0 Å². The minimum Gasteiger partial charge on any atom is -0.271 e. The van der Waals surface area contributed by atoms with Crippen LogP contribution in [-0.2, 0) is 6.42 Å². The van der Waals surface area contributed by atoms with Crippen LogP contribution in [0.4, 0.5) is 8.78 Å². The number of rotatable bonds is 4. The van der Waals surface area contributed by atoms with Gasteiger partial charge in [-0.2, -0.15) is 0 Å². The van der Waals surface area contributed by atoms with Crippen molar-refractivity contribution in [2.75, 3.05) is 0 Å². The topological polar surface area (TPSA) is 38.0 Å². The van der Waals surface area contributed by atoms with Gasteiger partial charge in [0.1, 0.15) is 11.6 Å². The fraction of sp³-hybridized carbons (Fsp3) is 0.143. The predicted octanol–water partition coefficient (Wildman–Crippen LogP) is 3.32. The Bertz CT molecular complexity index is 575. The predicted molar refractivity (Wildman–Crippen MR) is 79.3 cm³/mol. The molecule has 0 amide bonds. The lowest BCUT2D eigenvalue weighted by atomic mass is 9.99. The number of nitrogens with one attached hydrogen (secondary N) is 1. The highest BCUT2D eigenvalue weighted by atomic mass is 127. The van der Waals surface area contributed by atoms with Crippen LogP contribution in [0.3, 0.4) is 0 Å². The number of nitrogens with two attached hydrogens (primary N) is 1. The Kier molecular flexibility index (Phi) is 4.84. The van der Waals surface area contributed by atoms with Crippen LogP contribution in [-0.4, -0.2) is 0 Å². The Balaban J connectivity index is 2.25. The minimum atomic E-state index is -0.283. The summed E-state index contributed by atoms with van der Waals surface area (Å²) in [6.07, 6.45) is 0.538. The molecule has 2 nitrogen and oxygen atoms in total. The van der Waals surface area contributed by atoms with Crippen molar-refractivity contribution in [2.24, 2.45) is 5.84 Å². The molecule has 0 radical (unpaired) electrons. The summed E-state index contributed by atoms with van der Waals surface area (Å²) in [7, 11) is 0. The summed E-state index contributed by atoms with van der Waals surface area (Å²) >= 11 is 2.06. The fourth-order valence-corrected chi connectivity index (χ4v) is 2.80. The average molecular weight is 374 g/mol. The summed E-state index contributed by atoms with van der Waals surface area (Å²) in [5.41, 5.74) is 4.43. The number of hydrogen-bond acceptors (Lipinski definition) is 2. The molecule has 2 aromatic rings. The van der Waals surface area contributed by atoms with Gasteiger partial charge in [-0.1, -0.05) is 18.2 Å². The van der Waals surface area contributed by atoms with Crippen LogP contribution in [0.2, 0.25) is 0 Å². The zero-order valence-electron chi connectivity index (χ0n) is 10.0. The van der Waals surface area contributed by atoms with E-state index in [-0.39, 0.29) is 17.7 Å². The van der Waals surface area contributed by atoms with Crippen molar-refractivity contribution in [3.05, 3.63) is 68.8 Å². The maximum absolute atomic E-state index is 13.2. The quantitative estimate of drug-likeness (QED) is 0.490. The molecule has 0 aliphatic heterocycles. The van der Waals surface area contributed by atoms with E-state index in [0.717, 1.165) is 14.7 Å². The number of halogens is 3. The van der Waals surface area contributed by atoms with Crippen LogP contribution in [0.15, 0.2) is 42.5 Å². The lowest BCUT2D eigenvalue weighted by Gasteiger charge is -2.18. The Morgan fingerprint density at radius 3 is 2.47 bits per heavy atom. The summed E-state index contributed by atoms with van der Waals surface area (Å²) in [4.78, 5) is 0. The van der Waals surface area contributed by atoms with Crippen molar-refractivity contribution in [1.82, 2.24) is 5.43 Å². The third-order valence-electron chi connectivity index (χ3n) is 2.87. The van der Waals surface area contributed by atoms with Gasteiger partial charge >= 0.3 is 0 Å². The van der Waals surface area contributed by atoms with Crippen molar-refractivity contribution >= 4 is 22.6 Å². The van der Waals surface area contributed by atoms with Crippen molar-refractivity contribution in [2.45, 2.75) is 12.5 Å². The highest BCUT2D eigenvalue weighted by molar-refractivity contribution is 14.1. The van der Waals surface area contributed by atoms with Crippen LogP contribution < -0.4 is 11.3 Å². The molecular formula is C14H13F2IN2. The summed E-state index contributed by atoms with van der Waals surface area (Å²) in [6, 6.07) is 10.7. The number of benzene rings is 2. The maximum atomic E-state index is 13.2. The molecule has 0 bridgehead atoms. The van der Waals surface area contributed by atoms with E-state index in [4.69, 9.17) is 5.84 Å². The van der Waals surface area contributed by atoms with Gasteiger partial charge in [0.25, 0.3) is 0 Å². The smallest absolute Gasteiger partial charge is 0.124 e. The van der Waals surface area contributed by atoms with Gasteiger partial charge in [-0.15, -0.1) is 0 Å². The molecule has 0 fully saturated rings. The molecule has 1 atom stereocenters. The van der Waals surface area contributed by atoms with Crippen molar-refractivity contribution in [1.29, 1.82) is 0 Å². The fourth-order valence-electron chi connectivity index (χ4n) is 1.94. The van der Waals surface area contributed by atoms with E-state index in [1.807, 2.05) is 6.07 Å². The molecule has 19 heavy (non-hydrogen) atoms. The Morgan fingerprint density at radius 1 is 1.11 bits per heavy atom. The average Bonchev–Trinajstić information content (AvgIpc) is 2.37. The molecule has 3 N–H and O–H groups in total. The highest BCUT2D eigenvalue weighted by Gasteiger charge is 2.14. The van der Waals surface area contributed by atoms with E-state index in [1.165, 1.54) is 24.3 Å². The Morgan fingerprint density at radius 2 is 1.84 bits per heavy atom. The standard InChI is InChI=1S/C14H13F2IN2/c15-10-3-1-2-9(6-10)7-14(19-18)12-5-4-11(16)8-13(12)17/h1-6,8,14,19H,7,18H2. The molecule has 0 saturated heterocycles. The van der Waals surface area contributed by atoms with Crippen molar-refractivity contribution in [3.8, 4) is 0 Å². The molecule has 2 aromatic carbocycles. The molecule has 0 aliphatic carbocycles. The van der Waals surface area contributed by atoms with Crippen molar-refractivity contribution < 1.29 is 8.78 Å². The molecule has 1 unspecified atom stereocenters. The van der Waals surface area contributed by atoms with Crippen molar-refractivity contribution in [3.63, 3.8) is 0 Å². The monoisotopic (exact) mass is 374 g/mol. The lowest BCUT2D eigenvalue weighted by Crippen LogP contribution is -2.30. The molecule has 0 heterocycles. The summed E-state index contributed by atoms with van der Waals surface area (Å²) in [5, 5.41) is 0. The molecule has 0 aliphatic rings. The zero-order valence-corrected chi connectivity index (χ0v) is 12.2. The highest BCUT2D eigenvalue weighted by Crippen LogP contribution is 2.24. The maximum Gasteiger partial charge on any atom is 0.124 e. The first kappa shape index (κ1) is 14.4. The first-order valence-electron chi connectivity index (χ1n) is 5.75. The summed E-state index contributed by atoms with van der Waals surface area (Å²) in [6.45, 7) is 0. The van der Waals surface area contributed by atoms with E-state index < -0.39 is 0 Å². The first-order chi connectivity index (χ1) is 9.10. The normalized spacial score (nSPS) is 12.4. The summed E-state index contributed by atoms with van der Waals surface area (Å²) < 4.78 is 27.0. The second-order valence-corrected chi connectivity index (χ2v) is 5.38. The second kappa shape index (κ2) is 6.40. The lowest BCUT2D eigenvalue weighted by molar-refractivity contribution is 0.543. The second-order valence-electron chi connectivity index (χ2n) is 4.22. The zero-order chi connectivity index (χ0) is 13.8. The number of hydrazine groups is 1. The van der Waals surface area contributed by atoms with Gasteiger partial charge in [-0.25, -0.2) is 8.78 Å². The van der Waals surface area contributed by atoms with Crippen LogP contribution in [0, 0.1) is 15.2 Å². The molecule has 5 heteroatoms. The van der Waals surface area contributed by atoms with E-state index in [1.54, 1.807) is 12.1 Å². The van der Waals surface area contributed by atoms with Gasteiger partial charge in [-0.05, 0) is 64.4 Å². The minimum absolute atomic E-state index is 0.186. The molecular weight excluding hydrogens is 361 g/mol. The Labute approximate surface area is 124 Å². The van der Waals surface area contributed by atoms with E-state index in [0.29, 0.717) is 6.42 Å². The van der Waals surface area contributed by atoms with E-state index in [2.05, 4.69) is 28.0 Å². The van der Waals surface area contributed by atoms with Crippen LogP contribution >= 0.6 is 22.6 Å². The van der Waals surface area contributed by atoms with Gasteiger partial charge in [0.05, 0.1) is 6.04 Å². The van der Waals surface area contributed by atoms with Crippen LogP contribution in [0.5, 0.6) is 0 Å². The molecule has 0 aromatic heterocycles. The van der Waals surface area contributed by atoms with Gasteiger partial charge in [0, 0.05) is 3.57 Å². The van der Waals surface area contributed by atoms with Gasteiger partial charge in [-0.3, -0.25) is 11.3 Å². The SMILES string of the molecule is NNC(Cc1cccc(F)c1)c1ccc(F)cc1I. The van der Waals surface area contributed by atoms with Crippen LogP contribution in [0.25, 0.3) is 0 Å². The summed E-state index contributed by atoms with van der Waals surface area (Å²) in [5.74, 6) is 5.00. The number of hydrogen-bond donors (Lipinski definition) is 2. The van der Waals surface area contributed by atoms with E-state index in [9.17, 15) is 8.78 Å². The third-order valence-corrected chi connectivity index (χ3v) is 3.80. The largest absolute Gasteiger partial charge is 0.271 e. The van der Waals surface area contributed by atoms with Gasteiger partial charge < -0.3 is 0 Å². The first-order valence-corrected chi connectivity index (χ1v) is 6.83. The third kappa shape index (κ3) is 3.71. The molecule has 0 spiro atoms. The van der Waals surface area contributed by atoms with Gasteiger partial charge in [0.2, 0.25) is 0 Å². The molecule has 2 rings (SSSR count). The molecule has 0 saturated carbocycles. The van der Waals surface area contributed by atoms with Crippen LogP contribution in [0.1, 0.15) is 17.2 Å². The van der Waals surface area contributed by atoms with E-state index >= 15 is 0 Å². The molecule has 100 valence electrons. The Hall–Kier alpha value is -1.05.